The van der Waals surface area contributed by atoms with E-state index in [1.54, 1.807) is 5.32 Å². The Labute approximate surface area is 114 Å². The Balaban J connectivity index is 3.15. The van der Waals surface area contributed by atoms with Crippen molar-refractivity contribution in [1.82, 2.24) is 5.32 Å². The van der Waals surface area contributed by atoms with E-state index in [1.165, 1.54) is 19.9 Å². The molecule has 0 aromatic heterocycles. The average molecular weight is 310 g/mol. The maximum Gasteiger partial charge on any atom is 0.405 e. The number of alkyl halides is 3. The number of nitrogens with one attached hydrogen (secondary N) is 1. The summed E-state index contributed by atoms with van der Waals surface area (Å²) >= 11 is 0. The van der Waals surface area contributed by atoms with Crippen molar-refractivity contribution in [3.63, 3.8) is 0 Å². The van der Waals surface area contributed by atoms with Crippen molar-refractivity contribution < 1.29 is 26.4 Å². The van der Waals surface area contributed by atoms with Gasteiger partial charge >= 0.3 is 6.18 Å². The molecule has 112 valence electrons. The van der Waals surface area contributed by atoms with Gasteiger partial charge in [-0.25, -0.2) is 13.6 Å². The van der Waals surface area contributed by atoms with Crippen molar-refractivity contribution in [2.45, 2.75) is 24.9 Å². The zero-order valence-electron chi connectivity index (χ0n) is 10.7. The third-order valence-electron chi connectivity index (χ3n) is 2.64. The van der Waals surface area contributed by atoms with Crippen molar-refractivity contribution in [2.75, 3.05) is 6.54 Å². The van der Waals surface area contributed by atoms with Crippen LogP contribution in [0.2, 0.25) is 0 Å². The second kappa shape index (κ2) is 5.41. The maximum atomic E-state index is 12.0. The molecule has 1 aromatic carbocycles. The predicted molar refractivity (Wildman–Crippen MR) is 65.7 cm³/mol. The van der Waals surface area contributed by atoms with Crippen molar-refractivity contribution in [1.29, 1.82) is 0 Å². The summed E-state index contributed by atoms with van der Waals surface area (Å²) in [6.45, 7) is 1.53. The summed E-state index contributed by atoms with van der Waals surface area (Å²) in [7, 11) is -4.06. The number of amides is 1. The average Bonchev–Trinajstić information content (AvgIpc) is 2.26. The summed E-state index contributed by atoms with van der Waals surface area (Å²) in [6.07, 6.45) is -4.54. The topological polar surface area (TPSA) is 89.3 Å². The van der Waals surface area contributed by atoms with Crippen molar-refractivity contribution in [3.05, 3.63) is 28.8 Å². The van der Waals surface area contributed by atoms with Crippen molar-refractivity contribution in [2.24, 2.45) is 5.14 Å². The first-order valence-corrected chi connectivity index (χ1v) is 6.95. The molecule has 1 rings (SSSR count). The monoisotopic (exact) mass is 310 g/mol. The smallest absolute Gasteiger partial charge is 0.343 e. The number of carbonyl (C=O) groups excluding carboxylic acids is 1. The van der Waals surface area contributed by atoms with E-state index in [1.807, 2.05) is 0 Å². The summed E-state index contributed by atoms with van der Waals surface area (Å²) < 4.78 is 58.8. The predicted octanol–water partition coefficient (Wildman–Crippen LogP) is 1.24. The maximum absolute atomic E-state index is 12.0. The van der Waals surface area contributed by atoms with Gasteiger partial charge < -0.3 is 5.32 Å². The van der Waals surface area contributed by atoms with Crippen LogP contribution >= 0.6 is 0 Å². The van der Waals surface area contributed by atoms with Gasteiger partial charge in [-0.3, -0.25) is 4.79 Å². The molecule has 0 aliphatic carbocycles. The largest absolute Gasteiger partial charge is 0.405 e. The molecule has 1 aromatic rings. The normalized spacial score (nSPS) is 12.3. The molecule has 0 unspecified atom stereocenters. The highest BCUT2D eigenvalue weighted by atomic mass is 32.2. The van der Waals surface area contributed by atoms with Gasteiger partial charge in [-0.15, -0.1) is 0 Å². The van der Waals surface area contributed by atoms with Crippen molar-refractivity contribution >= 4 is 15.9 Å². The van der Waals surface area contributed by atoms with Crippen LogP contribution in [-0.4, -0.2) is 27.0 Å². The molecule has 0 saturated carbocycles. The summed E-state index contributed by atoms with van der Waals surface area (Å²) in [5, 5.41) is 6.66. The Morgan fingerprint density at radius 2 is 1.85 bits per heavy atom. The van der Waals surface area contributed by atoms with E-state index in [-0.39, 0.29) is 10.5 Å². The molecular formula is C11H13F3N2O3S. The number of nitrogens with two attached hydrogens (primary N) is 1. The van der Waals surface area contributed by atoms with Gasteiger partial charge in [0.2, 0.25) is 10.0 Å². The number of sulfonamides is 1. The Hall–Kier alpha value is -1.61. The molecule has 1 amide bonds. The Morgan fingerprint density at radius 3 is 2.30 bits per heavy atom. The van der Waals surface area contributed by atoms with E-state index in [4.69, 9.17) is 5.14 Å². The molecule has 0 saturated heterocycles. The third-order valence-corrected chi connectivity index (χ3v) is 3.67. The Bertz CT molecular complexity index is 639. The van der Waals surface area contributed by atoms with Crippen LogP contribution in [0.4, 0.5) is 13.2 Å². The molecule has 0 heterocycles. The first kappa shape index (κ1) is 16.4. The molecule has 0 aliphatic heterocycles. The Morgan fingerprint density at radius 1 is 1.30 bits per heavy atom. The summed E-state index contributed by atoms with van der Waals surface area (Å²) in [5.41, 5.74) is 0.593. The second-order valence-electron chi connectivity index (χ2n) is 4.26. The zero-order chi connectivity index (χ0) is 15.7. The van der Waals surface area contributed by atoms with Gasteiger partial charge in [0.15, 0.2) is 0 Å². The van der Waals surface area contributed by atoms with E-state index in [2.05, 4.69) is 0 Å². The van der Waals surface area contributed by atoms with Crippen LogP contribution in [0.3, 0.4) is 0 Å². The number of rotatable bonds is 3. The first-order valence-electron chi connectivity index (χ1n) is 5.41. The van der Waals surface area contributed by atoms with Crippen LogP contribution in [0.15, 0.2) is 17.0 Å². The van der Waals surface area contributed by atoms with Crippen LogP contribution in [0.1, 0.15) is 21.5 Å². The zero-order valence-corrected chi connectivity index (χ0v) is 11.5. The summed E-state index contributed by atoms with van der Waals surface area (Å²) in [6, 6.07) is 2.26. The fraction of sp³-hybridized carbons (Fsp3) is 0.364. The first-order chi connectivity index (χ1) is 8.92. The van der Waals surface area contributed by atoms with Crippen LogP contribution < -0.4 is 10.5 Å². The molecule has 20 heavy (non-hydrogen) atoms. The SMILES string of the molecule is Cc1cc(C(=O)NCC(F)(F)F)cc(S(N)(=O)=O)c1C. The van der Waals surface area contributed by atoms with E-state index < -0.39 is 28.7 Å². The van der Waals surface area contributed by atoms with Crippen LogP contribution in [-0.2, 0) is 10.0 Å². The lowest BCUT2D eigenvalue weighted by Crippen LogP contribution is -2.34. The lowest BCUT2D eigenvalue weighted by atomic mass is 10.1. The van der Waals surface area contributed by atoms with Crippen LogP contribution in [0.5, 0.6) is 0 Å². The van der Waals surface area contributed by atoms with E-state index in [0.29, 0.717) is 11.1 Å². The van der Waals surface area contributed by atoms with Gasteiger partial charge in [0, 0.05) is 5.56 Å². The summed E-state index contributed by atoms with van der Waals surface area (Å²) in [4.78, 5) is 11.3. The van der Waals surface area contributed by atoms with Gasteiger partial charge in [-0.05, 0) is 37.1 Å². The molecule has 5 nitrogen and oxygen atoms in total. The van der Waals surface area contributed by atoms with Crippen LogP contribution in [0.25, 0.3) is 0 Å². The summed E-state index contributed by atoms with van der Waals surface area (Å²) in [5.74, 6) is -1.02. The minimum atomic E-state index is -4.54. The molecule has 0 aliphatic rings. The standard InChI is InChI=1S/C11H13F3N2O3S/c1-6-3-8(10(17)16-5-11(12,13)14)4-9(7(6)2)20(15,18)19/h3-4H,5H2,1-2H3,(H,16,17)(H2,15,18,19). The minimum absolute atomic E-state index is 0.193. The third kappa shape index (κ3) is 4.20. The Kier molecular flexibility index (Phi) is 4.45. The molecule has 0 bridgehead atoms. The number of benzene rings is 1. The number of aryl methyl sites for hydroxylation is 1. The molecule has 3 N–H and O–H groups in total. The van der Waals surface area contributed by atoms with Gasteiger partial charge in [-0.2, -0.15) is 13.2 Å². The number of hydrogen-bond donors (Lipinski definition) is 2. The number of primary sulfonamides is 1. The quantitative estimate of drug-likeness (QED) is 0.880. The number of halogens is 3. The van der Waals surface area contributed by atoms with Crippen LogP contribution in [0, 0.1) is 13.8 Å². The minimum Gasteiger partial charge on any atom is -0.343 e. The highest BCUT2D eigenvalue weighted by Crippen LogP contribution is 2.20. The molecule has 0 spiro atoms. The van der Waals surface area contributed by atoms with Gasteiger partial charge in [-0.1, -0.05) is 0 Å². The number of hydrogen-bond acceptors (Lipinski definition) is 3. The lowest BCUT2D eigenvalue weighted by Gasteiger charge is -2.12. The van der Waals surface area contributed by atoms with Gasteiger partial charge in [0.05, 0.1) is 4.90 Å². The molecule has 0 atom stereocenters. The number of carbonyl (C=O) groups is 1. The van der Waals surface area contributed by atoms with Gasteiger partial charge in [0.25, 0.3) is 5.91 Å². The van der Waals surface area contributed by atoms with E-state index in [9.17, 15) is 26.4 Å². The van der Waals surface area contributed by atoms with E-state index in [0.717, 1.165) is 6.07 Å². The second-order valence-corrected chi connectivity index (χ2v) is 5.79. The lowest BCUT2D eigenvalue weighted by molar-refractivity contribution is -0.123. The molecule has 0 radical (unpaired) electrons. The highest BCUT2D eigenvalue weighted by Gasteiger charge is 2.28. The molecular weight excluding hydrogens is 297 g/mol. The fourth-order valence-corrected chi connectivity index (χ4v) is 2.42. The highest BCUT2D eigenvalue weighted by molar-refractivity contribution is 7.89. The molecule has 0 fully saturated rings. The fourth-order valence-electron chi connectivity index (χ4n) is 1.54. The van der Waals surface area contributed by atoms with Crippen molar-refractivity contribution in [3.8, 4) is 0 Å². The van der Waals surface area contributed by atoms with E-state index >= 15 is 0 Å². The molecule has 9 heteroatoms. The van der Waals surface area contributed by atoms with Gasteiger partial charge in [0.1, 0.15) is 6.54 Å².